The highest BCUT2D eigenvalue weighted by Gasteiger charge is 2.27. The SMILES string of the molecule is CN(CC(=O)N1CCCCC1CN)C(=O)c1cccs1.Cl. The minimum absolute atomic E-state index is 0. The third-order valence-corrected chi connectivity index (χ3v) is 4.53. The van der Waals surface area contributed by atoms with E-state index in [2.05, 4.69) is 0 Å². The lowest BCUT2D eigenvalue weighted by Crippen LogP contribution is -2.50. The second-order valence-corrected chi connectivity index (χ2v) is 6.06. The molecule has 0 radical (unpaired) electrons. The van der Waals surface area contributed by atoms with Crippen molar-refractivity contribution >= 4 is 35.6 Å². The van der Waals surface area contributed by atoms with E-state index in [1.807, 2.05) is 16.3 Å². The van der Waals surface area contributed by atoms with Gasteiger partial charge in [-0.1, -0.05) is 6.07 Å². The number of rotatable bonds is 4. The summed E-state index contributed by atoms with van der Waals surface area (Å²) in [5, 5.41) is 1.86. The molecule has 7 heteroatoms. The zero-order valence-corrected chi connectivity index (χ0v) is 13.8. The van der Waals surface area contributed by atoms with Crippen LogP contribution in [0.5, 0.6) is 0 Å². The zero-order valence-electron chi connectivity index (χ0n) is 12.2. The van der Waals surface area contributed by atoms with E-state index < -0.39 is 0 Å². The number of thiophene rings is 1. The van der Waals surface area contributed by atoms with Gasteiger partial charge in [0.15, 0.2) is 0 Å². The maximum atomic E-state index is 12.3. The molecule has 1 unspecified atom stereocenters. The highest BCUT2D eigenvalue weighted by Crippen LogP contribution is 2.17. The van der Waals surface area contributed by atoms with Gasteiger partial charge in [-0.25, -0.2) is 0 Å². The van der Waals surface area contributed by atoms with Crippen LogP contribution in [-0.2, 0) is 4.79 Å². The lowest BCUT2D eigenvalue weighted by Gasteiger charge is -2.36. The van der Waals surface area contributed by atoms with Gasteiger partial charge >= 0.3 is 0 Å². The molecule has 2 rings (SSSR count). The van der Waals surface area contributed by atoms with E-state index in [1.54, 1.807) is 13.1 Å². The highest BCUT2D eigenvalue weighted by molar-refractivity contribution is 7.12. The number of carbonyl (C=O) groups is 2. The summed E-state index contributed by atoms with van der Waals surface area (Å²) in [5.41, 5.74) is 5.73. The van der Waals surface area contributed by atoms with Crippen molar-refractivity contribution in [3.8, 4) is 0 Å². The number of amides is 2. The van der Waals surface area contributed by atoms with E-state index in [-0.39, 0.29) is 36.8 Å². The Bertz CT molecular complexity index is 467. The lowest BCUT2D eigenvalue weighted by molar-refractivity contribution is -0.135. The summed E-state index contributed by atoms with van der Waals surface area (Å²) >= 11 is 1.39. The summed E-state index contributed by atoms with van der Waals surface area (Å²) < 4.78 is 0. The zero-order chi connectivity index (χ0) is 14.5. The van der Waals surface area contributed by atoms with Crippen LogP contribution in [0.25, 0.3) is 0 Å². The first-order valence-electron chi connectivity index (χ1n) is 6.92. The molecule has 2 N–H and O–H groups in total. The fourth-order valence-corrected chi connectivity index (χ4v) is 3.25. The third kappa shape index (κ3) is 4.43. The quantitative estimate of drug-likeness (QED) is 0.911. The molecule has 118 valence electrons. The Kier molecular flexibility index (Phi) is 7.14. The summed E-state index contributed by atoms with van der Waals surface area (Å²) in [6.45, 7) is 1.36. The number of piperidine rings is 1. The fourth-order valence-electron chi connectivity index (χ4n) is 2.53. The smallest absolute Gasteiger partial charge is 0.264 e. The summed E-state index contributed by atoms with van der Waals surface area (Å²) in [5.74, 6) is -0.109. The molecule has 0 aliphatic carbocycles. The number of likely N-dealkylation sites (N-methyl/N-ethyl adjacent to an activating group) is 1. The van der Waals surface area contributed by atoms with E-state index >= 15 is 0 Å². The lowest BCUT2D eigenvalue weighted by atomic mass is 10.0. The molecule has 0 saturated carbocycles. The molecule has 1 aliphatic rings. The van der Waals surface area contributed by atoms with Crippen LogP contribution in [0.1, 0.15) is 28.9 Å². The Labute approximate surface area is 135 Å². The van der Waals surface area contributed by atoms with Crippen LogP contribution in [0.3, 0.4) is 0 Å². The molecule has 1 aromatic rings. The standard InChI is InChI=1S/C14H21N3O2S.ClH/c1-16(14(19)12-6-4-8-20-12)10-13(18)17-7-3-2-5-11(17)9-15;/h4,6,8,11H,2-3,5,7,9-10,15H2,1H3;1H. The van der Waals surface area contributed by atoms with Crippen molar-refractivity contribution in [1.29, 1.82) is 0 Å². The van der Waals surface area contributed by atoms with Gasteiger partial charge in [-0.15, -0.1) is 23.7 Å². The normalized spacial score (nSPS) is 18.0. The van der Waals surface area contributed by atoms with Crippen LogP contribution < -0.4 is 5.73 Å². The first kappa shape index (κ1) is 17.9. The van der Waals surface area contributed by atoms with Crippen molar-refractivity contribution in [2.45, 2.75) is 25.3 Å². The number of nitrogens with zero attached hydrogens (tertiary/aromatic N) is 2. The van der Waals surface area contributed by atoms with Gasteiger partial charge in [0.25, 0.3) is 5.91 Å². The number of hydrogen-bond donors (Lipinski definition) is 1. The first-order chi connectivity index (χ1) is 9.63. The van der Waals surface area contributed by atoms with Gasteiger partial charge in [0.1, 0.15) is 0 Å². The maximum absolute atomic E-state index is 12.3. The van der Waals surface area contributed by atoms with Crippen molar-refractivity contribution in [3.63, 3.8) is 0 Å². The van der Waals surface area contributed by atoms with E-state index in [4.69, 9.17) is 5.73 Å². The Morgan fingerprint density at radius 3 is 2.86 bits per heavy atom. The van der Waals surface area contributed by atoms with Gasteiger partial charge in [-0.05, 0) is 30.7 Å². The Morgan fingerprint density at radius 1 is 1.48 bits per heavy atom. The molecular weight excluding hydrogens is 310 g/mol. The number of nitrogens with two attached hydrogens (primary N) is 1. The van der Waals surface area contributed by atoms with E-state index in [0.717, 1.165) is 25.8 Å². The van der Waals surface area contributed by atoms with Crippen LogP contribution in [-0.4, -0.2) is 54.3 Å². The molecule has 0 aromatic carbocycles. The molecular formula is C14H22ClN3O2S. The average Bonchev–Trinajstić information content (AvgIpc) is 3.00. The topological polar surface area (TPSA) is 66.6 Å². The van der Waals surface area contributed by atoms with Crippen molar-refractivity contribution in [2.24, 2.45) is 5.73 Å². The van der Waals surface area contributed by atoms with Gasteiger partial charge < -0.3 is 15.5 Å². The van der Waals surface area contributed by atoms with Crippen LogP contribution in [0, 0.1) is 0 Å². The van der Waals surface area contributed by atoms with Gasteiger partial charge in [0, 0.05) is 26.2 Å². The van der Waals surface area contributed by atoms with Crippen LogP contribution in [0.2, 0.25) is 0 Å². The second kappa shape index (κ2) is 8.36. The van der Waals surface area contributed by atoms with Crippen LogP contribution >= 0.6 is 23.7 Å². The minimum atomic E-state index is -0.102. The predicted octanol–water partition coefficient (Wildman–Crippen LogP) is 1.58. The second-order valence-electron chi connectivity index (χ2n) is 5.11. The van der Waals surface area contributed by atoms with Gasteiger partial charge in [-0.2, -0.15) is 0 Å². The molecule has 0 bridgehead atoms. The average molecular weight is 332 g/mol. The Hall–Kier alpha value is -1.11. The van der Waals surface area contributed by atoms with Crippen molar-refractivity contribution in [1.82, 2.24) is 9.80 Å². The summed E-state index contributed by atoms with van der Waals surface area (Å²) in [6, 6.07) is 3.74. The number of carbonyl (C=O) groups excluding carboxylic acids is 2. The molecule has 21 heavy (non-hydrogen) atoms. The molecule has 2 amide bonds. The van der Waals surface area contributed by atoms with Crippen molar-refractivity contribution in [2.75, 3.05) is 26.7 Å². The van der Waals surface area contributed by atoms with E-state index in [9.17, 15) is 9.59 Å². The van der Waals surface area contributed by atoms with Gasteiger partial charge in [0.2, 0.25) is 5.91 Å². The number of halogens is 1. The third-order valence-electron chi connectivity index (χ3n) is 3.67. The van der Waals surface area contributed by atoms with E-state index in [0.29, 0.717) is 11.4 Å². The molecule has 1 fully saturated rings. The molecule has 0 spiro atoms. The first-order valence-corrected chi connectivity index (χ1v) is 7.80. The number of likely N-dealkylation sites (tertiary alicyclic amines) is 1. The molecule has 1 aromatic heterocycles. The Morgan fingerprint density at radius 2 is 2.24 bits per heavy atom. The molecule has 1 saturated heterocycles. The van der Waals surface area contributed by atoms with Gasteiger partial charge in [0.05, 0.1) is 11.4 Å². The Balaban J connectivity index is 0.00000220. The van der Waals surface area contributed by atoms with Crippen LogP contribution in [0.4, 0.5) is 0 Å². The minimum Gasteiger partial charge on any atom is -0.337 e. The molecule has 1 aliphatic heterocycles. The fraction of sp³-hybridized carbons (Fsp3) is 0.571. The molecule has 1 atom stereocenters. The van der Waals surface area contributed by atoms with E-state index in [1.165, 1.54) is 16.2 Å². The summed E-state index contributed by atoms with van der Waals surface area (Å²) in [4.78, 5) is 28.4. The van der Waals surface area contributed by atoms with Crippen molar-refractivity contribution in [3.05, 3.63) is 22.4 Å². The van der Waals surface area contributed by atoms with Crippen LogP contribution in [0.15, 0.2) is 17.5 Å². The predicted molar refractivity (Wildman–Crippen MR) is 86.9 cm³/mol. The largest absolute Gasteiger partial charge is 0.337 e. The summed E-state index contributed by atoms with van der Waals surface area (Å²) in [7, 11) is 1.67. The highest BCUT2D eigenvalue weighted by atomic mass is 35.5. The monoisotopic (exact) mass is 331 g/mol. The summed E-state index contributed by atoms with van der Waals surface area (Å²) in [6.07, 6.45) is 3.10. The molecule has 5 nitrogen and oxygen atoms in total. The van der Waals surface area contributed by atoms with Gasteiger partial charge in [-0.3, -0.25) is 9.59 Å². The van der Waals surface area contributed by atoms with Crippen molar-refractivity contribution < 1.29 is 9.59 Å². The molecule has 2 heterocycles. The maximum Gasteiger partial charge on any atom is 0.264 e. The number of hydrogen-bond acceptors (Lipinski definition) is 4.